The third-order valence-electron chi connectivity index (χ3n) is 2.51. The lowest BCUT2D eigenvalue weighted by atomic mass is 10.1. The van der Waals surface area contributed by atoms with Crippen LogP contribution in [0.15, 0.2) is 10.5 Å². The Morgan fingerprint density at radius 1 is 1.40 bits per heavy atom. The second-order valence-electron chi connectivity index (χ2n) is 3.78. The fourth-order valence-electron chi connectivity index (χ4n) is 1.65. The topological polar surface area (TPSA) is 38.3 Å². The third-order valence-corrected chi connectivity index (χ3v) is 3.50. The Hall–Kier alpha value is -1.03. The summed E-state index contributed by atoms with van der Waals surface area (Å²) in [4.78, 5) is 11.5. The van der Waals surface area contributed by atoms with Crippen LogP contribution in [-0.2, 0) is 4.79 Å². The van der Waals surface area contributed by atoms with E-state index in [0.29, 0.717) is 0 Å². The summed E-state index contributed by atoms with van der Waals surface area (Å²) in [5.74, 6) is 0.640. The highest BCUT2D eigenvalue weighted by atomic mass is 79.9. The van der Waals surface area contributed by atoms with Crippen LogP contribution in [0.2, 0.25) is 0 Å². The molecule has 1 aromatic carbocycles. The standard InChI is InChI=1S/C11H12BrNO2/c1-5-4-6(2)9-10(8(5)12)15-7(3)11(14)13-9/h4,7H,1-3H3,(H,13,14). The molecule has 0 saturated heterocycles. The highest BCUT2D eigenvalue weighted by Gasteiger charge is 2.27. The predicted molar refractivity (Wildman–Crippen MR) is 62.3 cm³/mol. The van der Waals surface area contributed by atoms with Gasteiger partial charge in [-0.25, -0.2) is 0 Å². The van der Waals surface area contributed by atoms with Gasteiger partial charge in [0.15, 0.2) is 11.9 Å². The van der Waals surface area contributed by atoms with Gasteiger partial charge in [0.1, 0.15) is 0 Å². The number of hydrogen-bond donors (Lipinski definition) is 1. The zero-order chi connectivity index (χ0) is 11.2. The molecule has 80 valence electrons. The molecule has 1 unspecified atom stereocenters. The van der Waals surface area contributed by atoms with Crippen LogP contribution < -0.4 is 10.1 Å². The first-order valence-electron chi connectivity index (χ1n) is 4.78. The number of ether oxygens (including phenoxy) is 1. The molecule has 0 bridgehead atoms. The van der Waals surface area contributed by atoms with Crippen molar-refractivity contribution in [3.63, 3.8) is 0 Å². The number of benzene rings is 1. The van der Waals surface area contributed by atoms with Crippen molar-refractivity contribution in [1.29, 1.82) is 0 Å². The molecule has 1 aliphatic heterocycles. The number of rotatable bonds is 0. The van der Waals surface area contributed by atoms with Gasteiger partial charge < -0.3 is 10.1 Å². The quantitative estimate of drug-likeness (QED) is 0.787. The highest BCUT2D eigenvalue weighted by Crippen LogP contribution is 2.41. The molecular weight excluding hydrogens is 258 g/mol. The van der Waals surface area contributed by atoms with Crippen LogP contribution in [0.5, 0.6) is 5.75 Å². The fraction of sp³-hybridized carbons (Fsp3) is 0.364. The molecule has 0 spiro atoms. The summed E-state index contributed by atoms with van der Waals surface area (Å²) in [7, 11) is 0. The number of carbonyl (C=O) groups is 1. The number of anilines is 1. The monoisotopic (exact) mass is 269 g/mol. The molecule has 4 heteroatoms. The Morgan fingerprint density at radius 2 is 2.07 bits per heavy atom. The normalized spacial score (nSPS) is 19.2. The van der Waals surface area contributed by atoms with E-state index in [9.17, 15) is 4.79 Å². The number of aryl methyl sites for hydroxylation is 2. The molecule has 0 aromatic heterocycles. The fourth-order valence-corrected chi connectivity index (χ4v) is 2.06. The smallest absolute Gasteiger partial charge is 0.265 e. The SMILES string of the molecule is Cc1cc(C)c2c(c1Br)OC(C)C(=O)N2. The largest absolute Gasteiger partial charge is 0.477 e. The first kappa shape index (κ1) is 10.5. The van der Waals surface area contributed by atoms with Crippen molar-refractivity contribution < 1.29 is 9.53 Å². The number of halogens is 1. The molecule has 15 heavy (non-hydrogen) atoms. The van der Waals surface area contributed by atoms with Crippen molar-refractivity contribution in [2.75, 3.05) is 5.32 Å². The Labute approximate surface area is 96.9 Å². The Kier molecular flexibility index (Phi) is 2.46. The van der Waals surface area contributed by atoms with E-state index in [0.717, 1.165) is 27.0 Å². The van der Waals surface area contributed by atoms with Gasteiger partial charge in [-0.3, -0.25) is 4.79 Å². The number of fused-ring (bicyclic) bond motifs is 1. The van der Waals surface area contributed by atoms with E-state index in [1.165, 1.54) is 0 Å². The van der Waals surface area contributed by atoms with E-state index in [2.05, 4.69) is 21.2 Å². The maximum atomic E-state index is 11.5. The van der Waals surface area contributed by atoms with Crippen LogP contribution in [-0.4, -0.2) is 12.0 Å². The average molecular weight is 270 g/mol. The maximum absolute atomic E-state index is 11.5. The summed E-state index contributed by atoms with van der Waals surface area (Å²) in [5, 5.41) is 2.85. The van der Waals surface area contributed by atoms with Gasteiger partial charge in [-0.2, -0.15) is 0 Å². The number of hydrogen-bond acceptors (Lipinski definition) is 2. The van der Waals surface area contributed by atoms with E-state index in [1.807, 2.05) is 19.9 Å². The molecule has 1 aliphatic rings. The zero-order valence-electron chi connectivity index (χ0n) is 8.85. The van der Waals surface area contributed by atoms with E-state index in [1.54, 1.807) is 6.92 Å². The highest BCUT2D eigenvalue weighted by molar-refractivity contribution is 9.10. The van der Waals surface area contributed by atoms with Gasteiger partial charge in [-0.05, 0) is 47.8 Å². The molecule has 0 fully saturated rings. The van der Waals surface area contributed by atoms with Crippen molar-refractivity contribution in [3.8, 4) is 5.75 Å². The lowest BCUT2D eigenvalue weighted by Crippen LogP contribution is -2.35. The first-order valence-corrected chi connectivity index (χ1v) is 5.57. The van der Waals surface area contributed by atoms with Gasteiger partial charge in [0, 0.05) is 0 Å². The molecule has 3 nitrogen and oxygen atoms in total. The summed E-state index contributed by atoms with van der Waals surface area (Å²) in [6.07, 6.45) is -0.435. The predicted octanol–water partition coefficient (Wildman–Crippen LogP) is 2.79. The van der Waals surface area contributed by atoms with Gasteiger partial charge in [0.05, 0.1) is 10.2 Å². The minimum atomic E-state index is -0.435. The molecule has 0 aliphatic carbocycles. The van der Waals surface area contributed by atoms with E-state index < -0.39 is 6.10 Å². The van der Waals surface area contributed by atoms with E-state index >= 15 is 0 Å². The molecule has 1 N–H and O–H groups in total. The lowest BCUT2D eigenvalue weighted by molar-refractivity contribution is -0.122. The van der Waals surface area contributed by atoms with Crippen LogP contribution in [0, 0.1) is 13.8 Å². The van der Waals surface area contributed by atoms with E-state index in [4.69, 9.17) is 4.74 Å². The van der Waals surface area contributed by atoms with Gasteiger partial charge in [0.25, 0.3) is 5.91 Å². The van der Waals surface area contributed by atoms with Crippen molar-refractivity contribution in [1.82, 2.24) is 0 Å². The molecular formula is C11H12BrNO2. The summed E-state index contributed by atoms with van der Waals surface area (Å²) in [6, 6.07) is 2.02. The molecule has 1 heterocycles. The molecule has 0 radical (unpaired) electrons. The van der Waals surface area contributed by atoms with Crippen LogP contribution in [0.4, 0.5) is 5.69 Å². The van der Waals surface area contributed by atoms with Gasteiger partial charge in [-0.15, -0.1) is 0 Å². The van der Waals surface area contributed by atoms with Crippen LogP contribution in [0.1, 0.15) is 18.1 Å². The van der Waals surface area contributed by atoms with Crippen LogP contribution >= 0.6 is 15.9 Å². The Morgan fingerprint density at radius 3 is 2.73 bits per heavy atom. The average Bonchev–Trinajstić information content (AvgIpc) is 2.18. The van der Waals surface area contributed by atoms with Crippen molar-refractivity contribution in [2.45, 2.75) is 26.9 Å². The molecule has 2 rings (SSSR count). The second-order valence-corrected chi connectivity index (χ2v) is 4.57. The number of amides is 1. The first-order chi connectivity index (χ1) is 7.00. The zero-order valence-corrected chi connectivity index (χ0v) is 10.4. The number of carbonyl (C=O) groups excluding carboxylic acids is 1. The third kappa shape index (κ3) is 1.63. The lowest BCUT2D eigenvalue weighted by Gasteiger charge is -2.26. The van der Waals surface area contributed by atoms with Crippen LogP contribution in [0.25, 0.3) is 0 Å². The minimum Gasteiger partial charge on any atom is -0.477 e. The van der Waals surface area contributed by atoms with E-state index in [-0.39, 0.29) is 5.91 Å². The maximum Gasteiger partial charge on any atom is 0.265 e. The van der Waals surface area contributed by atoms with Crippen molar-refractivity contribution in [2.24, 2.45) is 0 Å². The molecule has 1 atom stereocenters. The summed E-state index contributed by atoms with van der Waals surface area (Å²) >= 11 is 3.47. The van der Waals surface area contributed by atoms with Crippen LogP contribution in [0.3, 0.4) is 0 Å². The second kappa shape index (κ2) is 3.52. The van der Waals surface area contributed by atoms with Crippen molar-refractivity contribution in [3.05, 3.63) is 21.7 Å². The molecule has 1 amide bonds. The van der Waals surface area contributed by atoms with Gasteiger partial charge in [0.2, 0.25) is 0 Å². The van der Waals surface area contributed by atoms with Gasteiger partial charge in [-0.1, -0.05) is 6.07 Å². The molecule has 1 aromatic rings. The number of nitrogens with one attached hydrogen (secondary N) is 1. The Balaban J connectivity index is 2.61. The molecule has 0 saturated carbocycles. The van der Waals surface area contributed by atoms with Gasteiger partial charge >= 0.3 is 0 Å². The Bertz CT molecular complexity index is 443. The summed E-state index contributed by atoms with van der Waals surface area (Å²) < 4.78 is 6.49. The summed E-state index contributed by atoms with van der Waals surface area (Å²) in [5.41, 5.74) is 2.90. The summed E-state index contributed by atoms with van der Waals surface area (Å²) in [6.45, 7) is 5.70. The van der Waals surface area contributed by atoms with Crippen molar-refractivity contribution >= 4 is 27.5 Å². The minimum absolute atomic E-state index is 0.0960.